The Kier molecular flexibility index (Phi) is 6.89. The molecule has 1 spiro atoms. The molecule has 1 saturated carbocycles. The van der Waals surface area contributed by atoms with E-state index in [0.29, 0.717) is 12.1 Å². The third kappa shape index (κ3) is 4.39. The molecule has 1 heterocycles. The fraction of sp³-hybridized carbons (Fsp3) is 1.00. The van der Waals surface area contributed by atoms with Crippen LogP contribution in [0.15, 0.2) is 0 Å². The molecular weight excluding hydrogens is 268 g/mol. The summed E-state index contributed by atoms with van der Waals surface area (Å²) < 4.78 is 17.2. The minimum atomic E-state index is -0.324. The number of ether oxygens (including phenoxy) is 3. The van der Waals surface area contributed by atoms with Gasteiger partial charge in [0.2, 0.25) is 0 Å². The zero-order chi connectivity index (χ0) is 15.1. The molecule has 5 nitrogen and oxygen atoms in total. The van der Waals surface area contributed by atoms with E-state index in [1.165, 1.54) is 6.42 Å². The Morgan fingerprint density at radius 1 is 1.29 bits per heavy atom. The molecule has 0 radical (unpaired) electrons. The topological polar surface area (TPSA) is 43.0 Å². The van der Waals surface area contributed by atoms with Gasteiger partial charge in [-0.3, -0.25) is 4.90 Å². The highest BCUT2D eigenvalue weighted by Gasteiger charge is 2.46. The highest BCUT2D eigenvalue weighted by Crippen LogP contribution is 2.37. The van der Waals surface area contributed by atoms with Gasteiger partial charge in [0, 0.05) is 38.6 Å². The van der Waals surface area contributed by atoms with Crippen LogP contribution in [0.1, 0.15) is 39.5 Å². The summed E-state index contributed by atoms with van der Waals surface area (Å²) in [4.78, 5) is 2.52. The van der Waals surface area contributed by atoms with Gasteiger partial charge in [-0.2, -0.15) is 0 Å². The molecule has 0 bridgehead atoms. The lowest BCUT2D eigenvalue weighted by atomic mass is 9.84. The van der Waals surface area contributed by atoms with Crippen molar-refractivity contribution in [3.05, 3.63) is 0 Å². The van der Waals surface area contributed by atoms with Crippen molar-refractivity contribution in [2.75, 3.05) is 46.6 Å². The van der Waals surface area contributed by atoms with Crippen LogP contribution in [-0.2, 0) is 14.2 Å². The summed E-state index contributed by atoms with van der Waals surface area (Å²) in [5.41, 5.74) is 0. The van der Waals surface area contributed by atoms with Gasteiger partial charge in [-0.25, -0.2) is 0 Å². The zero-order valence-corrected chi connectivity index (χ0v) is 13.9. The van der Waals surface area contributed by atoms with E-state index in [0.717, 1.165) is 58.7 Å². The van der Waals surface area contributed by atoms with Crippen LogP contribution in [-0.4, -0.2) is 69.3 Å². The fourth-order valence-corrected chi connectivity index (χ4v) is 3.61. The summed E-state index contributed by atoms with van der Waals surface area (Å²) >= 11 is 0. The van der Waals surface area contributed by atoms with Crippen molar-refractivity contribution >= 4 is 0 Å². The molecule has 1 aliphatic carbocycles. The van der Waals surface area contributed by atoms with Crippen molar-refractivity contribution in [2.45, 2.75) is 57.4 Å². The summed E-state index contributed by atoms with van der Waals surface area (Å²) in [6, 6.07) is 0.990. The minimum absolute atomic E-state index is 0.324. The minimum Gasteiger partial charge on any atom is -0.383 e. The Morgan fingerprint density at radius 3 is 2.67 bits per heavy atom. The second-order valence-corrected chi connectivity index (χ2v) is 6.10. The SMILES string of the molecule is CCCNC1CCC2(CC1N(CC)CCOC)OCCO2. The molecule has 2 fully saturated rings. The molecule has 1 saturated heterocycles. The molecule has 0 amide bonds. The van der Waals surface area contributed by atoms with E-state index in [1.54, 1.807) is 7.11 Å². The average Bonchev–Trinajstić information content (AvgIpc) is 2.95. The van der Waals surface area contributed by atoms with Crippen molar-refractivity contribution in [3.8, 4) is 0 Å². The van der Waals surface area contributed by atoms with Gasteiger partial charge in [-0.05, 0) is 25.9 Å². The number of nitrogens with one attached hydrogen (secondary N) is 1. The molecule has 1 aliphatic heterocycles. The van der Waals surface area contributed by atoms with Crippen LogP contribution in [0.5, 0.6) is 0 Å². The molecule has 0 aromatic heterocycles. The number of nitrogens with zero attached hydrogens (tertiary/aromatic N) is 1. The first-order valence-electron chi connectivity index (χ1n) is 8.49. The molecule has 2 atom stereocenters. The second kappa shape index (κ2) is 8.44. The lowest BCUT2D eigenvalue weighted by Crippen LogP contribution is -2.58. The van der Waals surface area contributed by atoms with Crippen LogP contribution in [0.2, 0.25) is 0 Å². The lowest BCUT2D eigenvalue weighted by Gasteiger charge is -2.46. The summed E-state index contributed by atoms with van der Waals surface area (Å²) in [5, 5.41) is 3.73. The Labute approximate surface area is 129 Å². The molecule has 5 heteroatoms. The number of likely N-dealkylation sites (N-methyl/N-ethyl adjacent to an activating group) is 1. The van der Waals surface area contributed by atoms with Crippen LogP contribution >= 0.6 is 0 Å². The molecule has 0 aromatic carbocycles. The maximum atomic E-state index is 5.96. The molecule has 1 N–H and O–H groups in total. The standard InChI is InChI=1S/C16H32N2O3/c1-4-8-17-14-6-7-16(20-11-12-21-16)13-15(14)18(5-2)9-10-19-3/h14-15,17H,4-13H2,1-3H3. The van der Waals surface area contributed by atoms with E-state index >= 15 is 0 Å². The first kappa shape index (κ1) is 17.2. The Bertz CT molecular complexity index is 285. The normalized spacial score (nSPS) is 28.6. The van der Waals surface area contributed by atoms with E-state index in [4.69, 9.17) is 14.2 Å². The van der Waals surface area contributed by atoms with Gasteiger partial charge >= 0.3 is 0 Å². The van der Waals surface area contributed by atoms with Crippen molar-refractivity contribution in [3.63, 3.8) is 0 Å². The average molecular weight is 300 g/mol. The number of hydrogen-bond acceptors (Lipinski definition) is 5. The van der Waals surface area contributed by atoms with Gasteiger partial charge in [-0.15, -0.1) is 0 Å². The van der Waals surface area contributed by atoms with E-state index < -0.39 is 0 Å². The zero-order valence-electron chi connectivity index (χ0n) is 13.9. The van der Waals surface area contributed by atoms with Gasteiger partial charge in [0.25, 0.3) is 0 Å². The molecule has 2 rings (SSSR count). The third-order valence-corrected chi connectivity index (χ3v) is 4.75. The number of rotatable bonds is 8. The largest absolute Gasteiger partial charge is 0.383 e. The summed E-state index contributed by atoms with van der Waals surface area (Å²) in [7, 11) is 1.77. The monoisotopic (exact) mass is 300 g/mol. The summed E-state index contributed by atoms with van der Waals surface area (Å²) in [6.45, 7) is 9.79. The van der Waals surface area contributed by atoms with Crippen molar-refractivity contribution in [1.82, 2.24) is 10.2 Å². The first-order valence-corrected chi connectivity index (χ1v) is 8.49. The molecule has 0 aromatic rings. The molecule has 124 valence electrons. The smallest absolute Gasteiger partial charge is 0.170 e. The highest BCUT2D eigenvalue weighted by molar-refractivity contribution is 4.96. The Morgan fingerprint density at radius 2 is 2.05 bits per heavy atom. The number of methoxy groups -OCH3 is 1. The summed E-state index contributed by atoms with van der Waals surface area (Å²) in [6.07, 6.45) is 4.26. The van der Waals surface area contributed by atoms with Gasteiger partial charge in [0.1, 0.15) is 0 Å². The molecule has 2 aliphatic rings. The summed E-state index contributed by atoms with van der Waals surface area (Å²) in [5.74, 6) is -0.324. The van der Waals surface area contributed by atoms with Gasteiger partial charge in [-0.1, -0.05) is 13.8 Å². The van der Waals surface area contributed by atoms with Gasteiger partial charge in [0.05, 0.1) is 19.8 Å². The molecule has 2 unspecified atom stereocenters. The van der Waals surface area contributed by atoms with E-state index in [9.17, 15) is 0 Å². The van der Waals surface area contributed by atoms with Crippen LogP contribution in [0.4, 0.5) is 0 Å². The molecular formula is C16H32N2O3. The van der Waals surface area contributed by atoms with E-state index in [2.05, 4.69) is 24.1 Å². The molecule has 21 heavy (non-hydrogen) atoms. The second-order valence-electron chi connectivity index (χ2n) is 6.10. The van der Waals surface area contributed by atoms with Crippen molar-refractivity contribution in [1.29, 1.82) is 0 Å². The van der Waals surface area contributed by atoms with Crippen LogP contribution in [0.25, 0.3) is 0 Å². The lowest BCUT2D eigenvalue weighted by molar-refractivity contribution is -0.193. The van der Waals surface area contributed by atoms with E-state index in [1.807, 2.05) is 0 Å². The van der Waals surface area contributed by atoms with Gasteiger partial charge in [0.15, 0.2) is 5.79 Å². The number of hydrogen-bond donors (Lipinski definition) is 1. The Balaban J connectivity index is 2.03. The van der Waals surface area contributed by atoms with Crippen molar-refractivity contribution < 1.29 is 14.2 Å². The predicted octanol–water partition coefficient (Wildman–Crippen LogP) is 1.62. The fourth-order valence-electron chi connectivity index (χ4n) is 3.61. The quantitative estimate of drug-likeness (QED) is 0.738. The van der Waals surface area contributed by atoms with Gasteiger partial charge < -0.3 is 19.5 Å². The first-order chi connectivity index (χ1) is 10.2. The van der Waals surface area contributed by atoms with Crippen LogP contribution in [0.3, 0.4) is 0 Å². The van der Waals surface area contributed by atoms with Crippen molar-refractivity contribution in [2.24, 2.45) is 0 Å². The Hall–Kier alpha value is -0.200. The van der Waals surface area contributed by atoms with E-state index in [-0.39, 0.29) is 5.79 Å². The highest BCUT2D eigenvalue weighted by atomic mass is 16.7. The maximum absolute atomic E-state index is 5.96. The third-order valence-electron chi connectivity index (χ3n) is 4.75. The maximum Gasteiger partial charge on any atom is 0.170 e. The van der Waals surface area contributed by atoms with Crippen LogP contribution in [0, 0.1) is 0 Å². The predicted molar refractivity (Wildman–Crippen MR) is 83.5 cm³/mol. The van der Waals surface area contributed by atoms with Crippen LogP contribution < -0.4 is 5.32 Å².